The maximum Gasteiger partial charge on any atom is 0.247 e. The Hall–Kier alpha value is -1.34. The van der Waals surface area contributed by atoms with Crippen LogP contribution in [-0.4, -0.2) is 16.9 Å². The number of aromatic nitrogens is 1. The van der Waals surface area contributed by atoms with Crippen molar-refractivity contribution in [3.05, 3.63) is 50.7 Å². The molecule has 0 saturated carbocycles. The molecule has 0 fully saturated rings. The second kappa shape index (κ2) is 7.09. The number of carbonyl (C=O) groups excluding carboxylic acids is 1. The first-order valence-electron chi connectivity index (χ1n) is 6.41. The van der Waals surface area contributed by atoms with Gasteiger partial charge in [0.15, 0.2) is 0 Å². The van der Waals surface area contributed by atoms with Gasteiger partial charge >= 0.3 is 0 Å². The van der Waals surface area contributed by atoms with Crippen molar-refractivity contribution in [1.82, 2.24) is 4.98 Å². The number of anilines is 2. The van der Waals surface area contributed by atoms with Crippen LogP contribution in [0.15, 0.2) is 36.5 Å². The summed E-state index contributed by atoms with van der Waals surface area (Å²) in [7, 11) is 0. The highest BCUT2D eigenvalue weighted by Crippen LogP contribution is 2.18. The monoisotopic (exact) mass is 415 g/mol. The molecule has 1 atom stereocenters. The summed E-state index contributed by atoms with van der Waals surface area (Å²) < 4.78 is 1.16. The molecule has 1 unspecified atom stereocenters. The van der Waals surface area contributed by atoms with E-state index in [4.69, 9.17) is 11.6 Å². The molecule has 0 aliphatic heterocycles. The Kier molecular flexibility index (Phi) is 5.41. The Balaban J connectivity index is 1.98. The van der Waals surface area contributed by atoms with Gasteiger partial charge < -0.3 is 10.6 Å². The summed E-state index contributed by atoms with van der Waals surface area (Å²) in [6.07, 6.45) is 1.50. The quantitative estimate of drug-likeness (QED) is 0.740. The lowest BCUT2D eigenvalue weighted by atomic mass is 10.2. The molecular formula is C15H15ClIN3O. The van der Waals surface area contributed by atoms with Crippen molar-refractivity contribution in [1.29, 1.82) is 0 Å². The van der Waals surface area contributed by atoms with E-state index < -0.39 is 0 Å². The zero-order chi connectivity index (χ0) is 15.4. The molecule has 0 saturated heterocycles. The van der Waals surface area contributed by atoms with Gasteiger partial charge in [-0.1, -0.05) is 17.7 Å². The number of nitrogens with zero attached hydrogens (tertiary/aromatic N) is 1. The van der Waals surface area contributed by atoms with Crippen LogP contribution in [0.4, 0.5) is 11.5 Å². The molecule has 1 amide bonds. The molecule has 0 bridgehead atoms. The Morgan fingerprint density at radius 2 is 2.10 bits per heavy atom. The minimum Gasteiger partial charge on any atom is -0.374 e. The van der Waals surface area contributed by atoms with Gasteiger partial charge in [-0.15, -0.1) is 0 Å². The molecular weight excluding hydrogens is 401 g/mol. The van der Waals surface area contributed by atoms with E-state index in [0.717, 1.165) is 9.26 Å². The third-order valence-electron chi connectivity index (χ3n) is 2.93. The van der Waals surface area contributed by atoms with Crippen LogP contribution in [-0.2, 0) is 4.79 Å². The summed E-state index contributed by atoms with van der Waals surface area (Å²) in [5.74, 6) is 0.331. The lowest BCUT2D eigenvalue weighted by molar-refractivity contribution is -0.116. The van der Waals surface area contributed by atoms with Crippen LogP contribution in [0.1, 0.15) is 12.5 Å². The van der Waals surface area contributed by atoms with Crippen molar-refractivity contribution in [2.75, 3.05) is 10.6 Å². The van der Waals surface area contributed by atoms with E-state index >= 15 is 0 Å². The normalized spacial score (nSPS) is 11.8. The SMILES string of the molecule is Cc1ccc(NC(C)C(=O)Nc2ccc(Cl)cn2)cc1I. The molecule has 0 radical (unpaired) electrons. The molecule has 1 heterocycles. The Morgan fingerprint density at radius 1 is 1.33 bits per heavy atom. The van der Waals surface area contributed by atoms with Crippen LogP contribution < -0.4 is 10.6 Å². The number of pyridine rings is 1. The number of carbonyl (C=O) groups is 1. The van der Waals surface area contributed by atoms with Crippen molar-refractivity contribution < 1.29 is 4.79 Å². The number of benzene rings is 1. The van der Waals surface area contributed by atoms with Gasteiger partial charge in [0.2, 0.25) is 5.91 Å². The third kappa shape index (κ3) is 4.57. The Bertz CT molecular complexity index is 646. The fourth-order valence-electron chi connectivity index (χ4n) is 1.68. The maximum atomic E-state index is 12.1. The minimum absolute atomic E-state index is 0.152. The molecule has 0 aliphatic rings. The van der Waals surface area contributed by atoms with E-state index in [9.17, 15) is 4.79 Å². The summed E-state index contributed by atoms with van der Waals surface area (Å²) in [5.41, 5.74) is 2.13. The predicted molar refractivity (Wildman–Crippen MR) is 94.9 cm³/mol. The number of hydrogen-bond donors (Lipinski definition) is 2. The van der Waals surface area contributed by atoms with Gasteiger partial charge in [-0.25, -0.2) is 4.98 Å². The van der Waals surface area contributed by atoms with Crippen molar-refractivity contribution in [2.45, 2.75) is 19.9 Å². The van der Waals surface area contributed by atoms with Crippen LogP contribution in [0.3, 0.4) is 0 Å². The number of hydrogen-bond acceptors (Lipinski definition) is 3. The summed E-state index contributed by atoms with van der Waals surface area (Å²) in [6, 6.07) is 8.98. The van der Waals surface area contributed by atoms with Gasteiger partial charge in [0.1, 0.15) is 11.9 Å². The third-order valence-corrected chi connectivity index (χ3v) is 4.31. The average Bonchev–Trinajstić information content (AvgIpc) is 2.45. The van der Waals surface area contributed by atoms with E-state index in [2.05, 4.69) is 38.2 Å². The van der Waals surface area contributed by atoms with Gasteiger partial charge in [0.05, 0.1) is 5.02 Å². The molecule has 21 heavy (non-hydrogen) atoms. The van der Waals surface area contributed by atoms with E-state index in [0.29, 0.717) is 10.8 Å². The van der Waals surface area contributed by atoms with Crippen molar-refractivity contribution in [2.24, 2.45) is 0 Å². The zero-order valence-electron chi connectivity index (χ0n) is 11.7. The zero-order valence-corrected chi connectivity index (χ0v) is 14.6. The molecule has 2 N–H and O–H groups in total. The molecule has 1 aromatic heterocycles. The van der Waals surface area contributed by atoms with E-state index in [-0.39, 0.29) is 11.9 Å². The summed E-state index contributed by atoms with van der Waals surface area (Å²) in [6.45, 7) is 3.85. The topological polar surface area (TPSA) is 54.0 Å². The molecule has 0 spiro atoms. The highest BCUT2D eigenvalue weighted by atomic mass is 127. The number of halogens is 2. The molecule has 6 heteroatoms. The predicted octanol–water partition coefficient (Wildman–Crippen LogP) is 4.09. The summed E-state index contributed by atoms with van der Waals surface area (Å²) in [5, 5.41) is 6.45. The lowest BCUT2D eigenvalue weighted by Gasteiger charge is -2.15. The van der Waals surface area contributed by atoms with E-state index in [1.165, 1.54) is 11.8 Å². The van der Waals surface area contributed by atoms with Gasteiger partial charge in [-0.05, 0) is 66.3 Å². The van der Waals surface area contributed by atoms with Gasteiger partial charge in [0, 0.05) is 15.5 Å². The Labute approximate surface area is 142 Å². The second-order valence-electron chi connectivity index (χ2n) is 4.68. The number of rotatable bonds is 4. The first kappa shape index (κ1) is 16.0. The number of amides is 1. The first-order valence-corrected chi connectivity index (χ1v) is 7.86. The molecule has 0 aliphatic carbocycles. The molecule has 2 aromatic rings. The maximum absolute atomic E-state index is 12.1. The second-order valence-corrected chi connectivity index (χ2v) is 6.28. The van der Waals surface area contributed by atoms with Crippen LogP contribution in [0.5, 0.6) is 0 Å². The first-order chi connectivity index (χ1) is 9.95. The Morgan fingerprint density at radius 3 is 2.71 bits per heavy atom. The van der Waals surface area contributed by atoms with E-state index in [1.54, 1.807) is 19.1 Å². The minimum atomic E-state index is -0.374. The average molecular weight is 416 g/mol. The number of aryl methyl sites for hydroxylation is 1. The fraction of sp³-hybridized carbons (Fsp3) is 0.200. The van der Waals surface area contributed by atoms with Crippen molar-refractivity contribution in [3.63, 3.8) is 0 Å². The van der Waals surface area contributed by atoms with Crippen LogP contribution in [0.25, 0.3) is 0 Å². The van der Waals surface area contributed by atoms with Crippen LogP contribution in [0, 0.1) is 10.5 Å². The highest BCUT2D eigenvalue weighted by Gasteiger charge is 2.13. The molecule has 2 rings (SSSR count). The number of nitrogens with one attached hydrogen (secondary N) is 2. The van der Waals surface area contributed by atoms with Gasteiger partial charge in [-0.3, -0.25) is 4.79 Å². The highest BCUT2D eigenvalue weighted by molar-refractivity contribution is 14.1. The fourth-order valence-corrected chi connectivity index (χ4v) is 2.31. The standard InChI is InChI=1S/C15H15ClIN3O/c1-9-3-5-12(7-13(9)17)19-10(2)15(21)20-14-6-4-11(16)8-18-14/h3-8,10,19H,1-2H3,(H,18,20,21). The summed E-state index contributed by atoms with van der Waals surface area (Å²) in [4.78, 5) is 16.1. The smallest absolute Gasteiger partial charge is 0.247 e. The van der Waals surface area contributed by atoms with Crippen molar-refractivity contribution >= 4 is 51.6 Å². The van der Waals surface area contributed by atoms with Gasteiger partial charge in [0.25, 0.3) is 0 Å². The molecule has 1 aromatic carbocycles. The largest absolute Gasteiger partial charge is 0.374 e. The van der Waals surface area contributed by atoms with E-state index in [1.807, 2.05) is 25.1 Å². The van der Waals surface area contributed by atoms with Gasteiger partial charge in [-0.2, -0.15) is 0 Å². The molecule has 4 nitrogen and oxygen atoms in total. The molecule has 110 valence electrons. The van der Waals surface area contributed by atoms with Crippen LogP contribution >= 0.6 is 34.2 Å². The lowest BCUT2D eigenvalue weighted by Crippen LogP contribution is -2.32. The van der Waals surface area contributed by atoms with Crippen molar-refractivity contribution in [3.8, 4) is 0 Å². The summed E-state index contributed by atoms with van der Waals surface area (Å²) >= 11 is 8.03. The van der Waals surface area contributed by atoms with Crippen LogP contribution in [0.2, 0.25) is 5.02 Å².